The Morgan fingerprint density at radius 3 is 2.80 bits per heavy atom. The summed E-state index contributed by atoms with van der Waals surface area (Å²) in [5.74, 6) is -0.351. The SMILES string of the molecule is CCCC1CCN(S(=O)(=O)c2cc(N)c(C)cc2F)C1. The van der Waals surface area contributed by atoms with Gasteiger partial charge in [0.1, 0.15) is 10.7 Å². The lowest BCUT2D eigenvalue weighted by Gasteiger charge is -2.18. The number of nitrogens with zero attached hydrogens (tertiary/aromatic N) is 1. The number of halogens is 1. The highest BCUT2D eigenvalue weighted by molar-refractivity contribution is 7.89. The van der Waals surface area contributed by atoms with Crippen LogP contribution in [0, 0.1) is 18.7 Å². The Balaban J connectivity index is 2.30. The first-order chi connectivity index (χ1) is 9.36. The number of sulfonamides is 1. The molecule has 0 amide bonds. The van der Waals surface area contributed by atoms with Crippen molar-refractivity contribution >= 4 is 15.7 Å². The maximum Gasteiger partial charge on any atom is 0.246 e. The van der Waals surface area contributed by atoms with Crippen molar-refractivity contribution in [2.45, 2.75) is 38.0 Å². The zero-order chi connectivity index (χ0) is 14.9. The van der Waals surface area contributed by atoms with E-state index in [4.69, 9.17) is 5.73 Å². The van der Waals surface area contributed by atoms with Crippen LogP contribution in [0.3, 0.4) is 0 Å². The van der Waals surface area contributed by atoms with Gasteiger partial charge in [0.15, 0.2) is 0 Å². The fourth-order valence-corrected chi connectivity index (χ4v) is 4.28. The molecule has 0 bridgehead atoms. The van der Waals surface area contributed by atoms with Gasteiger partial charge in [-0.25, -0.2) is 12.8 Å². The zero-order valence-corrected chi connectivity index (χ0v) is 12.7. The van der Waals surface area contributed by atoms with E-state index in [1.807, 2.05) is 0 Å². The van der Waals surface area contributed by atoms with Gasteiger partial charge in [0.05, 0.1) is 0 Å². The van der Waals surface area contributed by atoms with Crippen molar-refractivity contribution in [1.82, 2.24) is 4.31 Å². The second-order valence-electron chi connectivity index (χ2n) is 5.45. The number of benzene rings is 1. The minimum absolute atomic E-state index is 0.300. The lowest BCUT2D eigenvalue weighted by molar-refractivity contribution is 0.440. The van der Waals surface area contributed by atoms with Crippen molar-refractivity contribution in [3.8, 4) is 0 Å². The van der Waals surface area contributed by atoms with Crippen LogP contribution in [-0.2, 0) is 10.0 Å². The van der Waals surface area contributed by atoms with Crippen molar-refractivity contribution in [2.75, 3.05) is 18.8 Å². The predicted octanol–water partition coefficient (Wildman–Crippen LogP) is 2.53. The number of rotatable bonds is 4. The molecule has 1 aliphatic heterocycles. The van der Waals surface area contributed by atoms with Gasteiger partial charge in [-0.15, -0.1) is 0 Å². The van der Waals surface area contributed by atoms with E-state index in [0.717, 1.165) is 19.3 Å². The topological polar surface area (TPSA) is 63.4 Å². The normalized spacial score (nSPS) is 20.4. The van der Waals surface area contributed by atoms with Crippen molar-refractivity contribution in [2.24, 2.45) is 5.92 Å². The molecule has 0 radical (unpaired) electrons. The largest absolute Gasteiger partial charge is 0.398 e. The van der Waals surface area contributed by atoms with Crippen LogP contribution >= 0.6 is 0 Å². The Labute approximate surface area is 119 Å². The number of aryl methyl sites for hydroxylation is 1. The van der Waals surface area contributed by atoms with Gasteiger partial charge in [0, 0.05) is 18.8 Å². The van der Waals surface area contributed by atoms with Gasteiger partial charge in [-0.3, -0.25) is 0 Å². The molecule has 0 aromatic heterocycles. The maximum absolute atomic E-state index is 14.0. The van der Waals surface area contributed by atoms with Crippen LogP contribution < -0.4 is 5.73 Å². The minimum Gasteiger partial charge on any atom is -0.398 e. The molecule has 1 fully saturated rings. The van der Waals surface area contributed by atoms with Crippen LogP contribution in [0.4, 0.5) is 10.1 Å². The van der Waals surface area contributed by atoms with Gasteiger partial charge in [-0.2, -0.15) is 4.31 Å². The van der Waals surface area contributed by atoms with E-state index in [2.05, 4.69) is 6.92 Å². The standard InChI is InChI=1S/C14H21FN2O2S/c1-3-4-11-5-6-17(9-11)20(18,19)14-8-13(16)10(2)7-12(14)15/h7-8,11H,3-6,9,16H2,1-2H3. The lowest BCUT2D eigenvalue weighted by Crippen LogP contribution is -2.29. The molecule has 20 heavy (non-hydrogen) atoms. The van der Waals surface area contributed by atoms with Gasteiger partial charge in [-0.05, 0) is 43.4 Å². The predicted molar refractivity (Wildman–Crippen MR) is 77.3 cm³/mol. The summed E-state index contributed by atoms with van der Waals surface area (Å²) in [5, 5.41) is 0. The van der Waals surface area contributed by atoms with E-state index in [1.54, 1.807) is 6.92 Å². The second-order valence-corrected chi connectivity index (χ2v) is 7.35. The average molecular weight is 300 g/mol. The molecule has 2 N–H and O–H groups in total. The Morgan fingerprint density at radius 1 is 1.45 bits per heavy atom. The zero-order valence-electron chi connectivity index (χ0n) is 11.9. The highest BCUT2D eigenvalue weighted by atomic mass is 32.2. The Kier molecular flexibility index (Phi) is 4.34. The van der Waals surface area contributed by atoms with E-state index in [9.17, 15) is 12.8 Å². The number of hydrogen-bond donors (Lipinski definition) is 1. The van der Waals surface area contributed by atoms with Crippen LogP contribution in [0.1, 0.15) is 31.7 Å². The van der Waals surface area contributed by atoms with Gasteiger partial charge in [0.2, 0.25) is 10.0 Å². The molecule has 1 atom stereocenters. The van der Waals surface area contributed by atoms with Crippen LogP contribution in [0.25, 0.3) is 0 Å². The molecule has 0 spiro atoms. The van der Waals surface area contributed by atoms with E-state index < -0.39 is 15.8 Å². The summed E-state index contributed by atoms with van der Waals surface area (Å²) >= 11 is 0. The number of hydrogen-bond acceptors (Lipinski definition) is 3. The molecule has 4 nitrogen and oxygen atoms in total. The highest BCUT2D eigenvalue weighted by Crippen LogP contribution is 2.29. The quantitative estimate of drug-likeness (QED) is 0.869. The molecular weight excluding hydrogens is 279 g/mol. The van der Waals surface area contributed by atoms with Crippen molar-refractivity contribution < 1.29 is 12.8 Å². The maximum atomic E-state index is 14.0. The summed E-state index contributed by atoms with van der Waals surface area (Å²) < 4.78 is 40.3. The fraction of sp³-hybridized carbons (Fsp3) is 0.571. The lowest BCUT2D eigenvalue weighted by atomic mass is 10.0. The van der Waals surface area contributed by atoms with Gasteiger partial charge in [0.25, 0.3) is 0 Å². The fourth-order valence-electron chi connectivity index (χ4n) is 2.66. The summed E-state index contributed by atoms with van der Waals surface area (Å²) in [5.41, 5.74) is 6.56. The number of anilines is 1. The summed E-state index contributed by atoms with van der Waals surface area (Å²) in [6.45, 7) is 4.67. The highest BCUT2D eigenvalue weighted by Gasteiger charge is 2.34. The molecule has 2 rings (SSSR count). The van der Waals surface area contributed by atoms with Crippen LogP contribution in [0.15, 0.2) is 17.0 Å². The monoisotopic (exact) mass is 300 g/mol. The Bertz CT molecular complexity index is 601. The van der Waals surface area contributed by atoms with E-state index in [-0.39, 0.29) is 4.90 Å². The first kappa shape index (κ1) is 15.3. The van der Waals surface area contributed by atoms with Crippen molar-refractivity contribution in [3.05, 3.63) is 23.5 Å². The summed E-state index contributed by atoms with van der Waals surface area (Å²) in [7, 11) is -3.78. The Morgan fingerprint density at radius 2 is 2.15 bits per heavy atom. The summed E-state index contributed by atoms with van der Waals surface area (Å²) in [4.78, 5) is -0.308. The third-order valence-electron chi connectivity index (χ3n) is 3.88. The molecule has 1 unspecified atom stereocenters. The minimum atomic E-state index is -3.78. The molecular formula is C14H21FN2O2S. The Hall–Kier alpha value is -1.14. The van der Waals surface area contributed by atoms with Gasteiger partial charge < -0.3 is 5.73 Å². The summed E-state index contributed by atoms with van der Waals surface area (Å²) in [6, 6.07) is 2.41. The molecule has 0 aliphatic carbocycles. The first-order valence-electron chi connectivity index (χ1n) is 6.92. The first-order valence-corrected chi connectivity index (χ1v) is 8.36. The van der Waals surface area contributed by atoms with Crippen LogP contribution in [0.5, 0.6) is 0 Å². The van der Waals surface area contributed by atoms with Crippen molar-refractivity contribution in [1.29, 1.82) is 0 Å². The van der Waals surface area contributed by atoms with Crippen LogP contribution in [0.2, 0.25) is 0 Å². The van der Waals surface area contributed by atoms with E-state index >= 15 is 0 Å². The molecule has 1 aromatic carbocycles. The summed E-state index contributed by atoms with van der Waals surface area (Å²) in [6.07, 6.45) is 2.88. The second kappa shape index (κ2) is 5.69. The molecule has 1 aromatic rings. The van der Waals surface area contributed by atoms with E-state index in [0.29, 0.717) is 30.3 Å². The van der Waals surface area contributed by atoms with Gasteiger partial charge in [-0.1, -0.05) is 13.3 Å². The van der Waals surface area contributed by atoms with Crippen molar-refractivity contribution in [3.63, 3.8) is 0 Å². The number of nitrogen functional groups attached to an aromatic ring is 1. The molecule has 1 saturated heterocycles. The third-order valence-corrected chi connectivity index (χ3v) is 5.76. The molecule has 1 aliphatic rings. The average Bonchev–Trinajstić information content (AvgIpc) is 2.83. The number of nitrogens with two attached hydrogens (primary N) is 1. The van der Waals surface area contributed by atoms with Gasteiger partial charge >= 0.3 is 0 Å². The molecule has 0 saturated carbocycles. The van der Waals surface area contributed by atoms with E-state index in [1.165, 1.54) is 16.4 Å². The smallest absolute Gasteiger partial charge is 0.246 e. The molecule has 6 heteroatoms. The molecule has 112 valence electrons. The van der Waals surface area contributed by atoms with Crippen LogP contribution in [-0.4, -0.2) is 25.8 Å². The molecule has 1 heterocycles. The third kappa shape index (κ3) is 2.81.